The third kappa shape index (κ3) is 3.35. The summed E-state index contributed by atoms with van der Waals surface area (Å²) < 4.78 is 0. The van der Waals surface area contributed by atoms with Gasteiger partial charge in [0.1, 0.15) is 0 Å². The van der Waals surface area contributed by atoms with Gasteiger partial charge in [0, 0.05) is 12.6 Å². The Kier molecular flexibility index (Phi) is 4.11. The third-order valence-corrected chi connectivity index (χ3v) is 4.25. The van der Waals surface area contributed by atoms with E-state index in [4.69, 9.17) is 0 Å². The summed E-state index contributed by atoms with van der Waals surface area (Å²) in [5, 5.41) is 3.71. The fraction of sp³-hybridized carbons (Fsp3) is 0.647. The molecule has 0 saturated heterocycles. The van der Waals surface area contributed by atoms with E-state index in [1.165, 1.54) is 30.4 Å². The molecule has 0 spiro atoms. The van der Waals surface area contributed by atoms with E-state index in [1.54, 1.807) is 0 Å². The standard InChI is InChI=1S/C17H27N/c1-13-6-5-7-16(13)18-12-14-8-10-15(11-9-14)17(2,3)4/h8-11,13,16,18H,5-7,12H2,1-4H3. The Morgan fingerprint density at radius 3 is 2.28 bits per heavy atom. The molecule has 1 aromatic rings. The van der Waals surface area contributed by atoms with Gasteiger partial charge in [0.25, 0.3) is 0 Å². The minimum Gasteiger partial charge on any atom is -0.310 e. The zero-order valence-corrected chi connectivity index (χ0v) is 12.3. The summed E-state index contributed by atoms with van der Waals surface area (Å²) in [6, 6.07) is 9.82. The molecule has 0 heterocycles. The molecule has 0 amide bonds. The van der Waals surface area contributed by atoms with E-state index < -0.39 is 0 Å². The molecule has 2 atom stereocenters. The Morgan fingerprint density at radius 1 is 1.11 bits per heavy atom. The number of nitrogens with one attached hydrogen (secondary N) is 1. The normalized spacial score (nSPS) is 24.4. The van der Waals surface area contributed by atoms with Crippen LogP contribution in [0.2, 0.25) is 0 Å². The quantitative estimate of drug-likeness (QED) is 0.839. The summed E-state index contributed by atoms with van der Waals surface area (Å²) in [5.41, 5.74) is 3.08. The van der Waals surface area contributed by atoms with Crippen LogP contribution < -0.4 is 5.32 Å². The number of benzene rings is 1. The molecule has 100 valence electrons. The van der Waals surface area contributed by atoms with E-state index in [0.29, 0.717) is 0 Å². The van der Waals surface area contributed by atoms with Crippen LogP contribution in [0.25, 0.3) is 0 Å². The zero-order chi connectivity index (χ0) is 13.2. The largest absolute Gasteiger partial charge is 0.310 e. The third-order valence-electron chi connectivity index (χ3n) is 4.25. The van der Waals surface area contributed by atoms with Crippen LogP contribution >= 0.6 is 0 Å². The molecule has 1 N–H and O–H groups in total. The fourth-order valence-corrected chi connectivity index (χ4v) is 2.82. The molecular weight excluding hydrogens is 218 g/mol. The van der Waals surface area contributed by atoms with E-state index in [9.17, 15) is 0 Å². The molecular formula is C17H27N. The zero-order valence-electron chi connectivity index (χ0n) is 12.3. The Bertz CT molecular complexity index is 372. The summed E-state index contributed by atoms with van der Waals surface area (Å²) >= 11 is 0. The van der Waals surface area contributed by atoms with Crippen molar-refractivity contribution in [2.45, 2.75) is 65.0 Å². The summed E-state index contributed by atoms with van der Waals surface area (Å²) in [5.74, 6) is 0.846. The number of hydrogen-bond donors (Lipinski definition) is 1. The molecule has 1 heteroatoms. The fourth-order valence-electron chi connectivity index (χ4n) is 2.82. The lowest BCUT2D eigenvalue weighted by Gasteiger charge is -2.20. The molecule has 1 aromatic carbocycles. The van der Waals surface area contributed by atoms with Gasteiger partial charge in [0.2, 0.25) is 0 Å². The lowest BCUT2D eigenvalue weighted by molar-refractivity contribution is 0.426. The van der Waals surface area contributed by atoms with Gasteiger partial charge in [-0.2, -0.15) is 0 Å². The first kappa shape index (κ1) is 13.6. The second-order valence-electron chi connectivity index (χ2n) is 6.84. The SMILES string of the molecule is CC1CCCC1NCc1ccc(C(C)(C)C)cc1. The Morgan fingerprint density at radius 2 is 1.78 bits per heavy atom. The van der Waals surface area contributed by atoms with Crippen molar-refractivity contribution in [3.05, 3.63) is 35.4 Å². The summed E-state index contributed by atoms with van der Waals surface area (Å²) in [6.07, 6.45) is 4.13. The van der Waals surface area contributed by atoms with Gasteiger partial charge < -0.3 is 5.32 Å². The van der Waals surface area contributed by atoms with Crippen LogP contribution in [0, 0.1) is 5.92 Å². The van der Waals surface area contributed by atoms with Crippen molar-refractivity contribution in [3.8, 4) is 0 Å². The smallest absolute Gasteiger partial charge is 0.0208 e. The lowest BCUT2D eigenvalue weighted by Crippen LogP contribution is -2.30. The maximum Gasteiger partial charge on any atom is 0.0208 e. The van der Waals surface area contributed by atoms with Crippen LogP contribution in [0.15, 0.2) is 24.3 Å². The lowest BCUT2D eigenvalue weighted by atomic mass is 9.87. The van der Waals surface area contributed by atoms with Gasteiger partial charge in [-0.05, 0) is 35.3 Å². The summed E-state index contributed by atoms with van der Waals surface area (Å²) in [4.78, 5) is 0. The molecule has 2 unspecified atom stereocenters. The highest BCUT2D eigenvalue weighted by Crippen LogP contribution is 2.25. The Labute approximate surface area is 112 Å². The molecule has 0 bridgehead atoms. The molecule has 0 aliphatic heterocycles. The van der Waals surface area contributed by atoms with Crippen LogP contribution in [-0.2, 0) is 12.0 Å². The van der Waals surface area contributed by atoms with Crippen molar-refractivity contribution in [2.75, 3.05) is 0 Å². The highest BCUT2D eigenvalue weighted by atomic mass is 14.9. The van der Waals surface area contributed by atoms with Crippen LogP contribution in [0.4, 0.5) is 0 Å². The average molecular weight is 245 g/mol. The Balaban J connectivity index is 1.90. The van der Waals surface area contributed by atoms with E-state index in [0.717, 1.165) is 18.5 Å². The topological polar surface area (TPSA) is 12.0 Å². The molecule has 1 nitrogen and oxygen atoms in total. The molecule has 2 rings (SSSR count). The van der Waals surface area contributed by atoms with E-state index in [2.05, 4.69) is 57.3 Å². The van der Waals surface area contributed by atoms with Gasteiger partial charge >= 0.3 is 0 Å². The van der Waals surface area contributed by atoms with Crippen molar-refractivity contribution in [3.63, 3.8) is 0 Å². The van der Waals surface area contributed by atoms with Gasteiger partial charge in [-0.3, -0.25) is 0 Å². The summed E-state index contributed by atoms with van der Waals surface area (Å²) in [6.45, 7) is 10.2. The molecule has 18 heavy (non-hydrogen) atoms. The second-order valence-corrected chi connectivity index (χ2v) is 6.84. The highest BCUT2D eigenvalue weighted by molar-refractivity contribution is 5.27. The van der Waals surface area contributed by atoms with Gasteiger partial charge in [-0.25, -0.2) is 0 Å². The number of rotatable bonds is 3. The van der Waals surface area contributed by atoms with Crippen LogP contribution in [0.3, 0.4) is 0 Å². The maximum absolute atomic E-state index is 3.71. The van der Waals surface area contributed by atoms with Crippen molar-refractivity contribution in [1.29, 1.82) is 0 Å². The molecule has 1 aliphatic carbocycles. The minimum atomic E-state index is 0.256. The van der Waals surface area contributed by atoms with Gasteiger partial charge in [0.15, 0.2) is 0 Å². The van der Waals surface area contributed by atoms with Gasteiger partial charge in [-0.1, -0.05) is 58.4 Å². The first-order valence-electron chi connectivity index (χ1n) is 7.29. The van der Waals surface area contributed by atoms with E-state index in [1.807, 2.05) is 0 Å². The predicted molar refractivity (Wildman–Crippen MR) is 78.8 cm³/mol. The molecule has 1 aliphatic rings. The van der Waals surface area contributed by atoms with Crippen molar-refractivity contribution >= 4 is 0 Å². The van der Waals surface area contributed by atoms with Crippen molar-refractivity contribution < 1.29 is 0 Å². The highest BCUT2D eigenvalue weighted by Gasteiger charge is 2.22. The molecule has 1 saturated carbocycles. The van der Waals surface area contributed by atoms with Gasteiger partial charge in [-0.15, -0.1) is 0 Å². The first-order valence-corrected chi connectivity index (χ1v) is 7.29. The molecule has 1 fully saturated rings. The van der Waals surface area contributed by atoms with Crippen LogP contribution in [-0.4, -0.2) is 6.04 Å². The van der Waals surface area contributed by atoms with Crippen LogP contribution in [0.5, 0.6) is 0 Å². The average Bonchev–Trinajstić information content (AvgIpc) is 2.72. The maximum atomic E-state index is 3.71. The van der Waals surface area contributed by atoms with Crippen molar-refractivity contribution in [1.82, 2.24) is 5.32 Å². The van der Waals surface area contributed by atoms with Crippen molar-refractivity contribution in [2.24, 2.45) is 5.92 Å². The summed E-state index contributed by atoms with van der Waals surface area (Å²) in [7, 11) is 0. The minimum absolute atomic E-state index is 0.256. The molecule has 0 aromatic heterocycles. The Hall–Kier alpha value is -0.820. The number of hydrogen-bond acceptors (Lipinski definition) is 1. The van der Waals surface area contributed by atoms with E-state index >= 15 is 0 Å². The second kappa shape index (κ2) is 5.44. The van der Waals surface area contributed by atoms with Crippen LogP contribution in [0.1, 0.15) is 58.1 Å². The monoisotopic (exact) mass is 245 g/mol. The molecule has 0 radical (unpaired) electrons. The van der Waals surface area contributed by atoms with Gasteiger partial charge in [0.05, 0.1) is 0 Å². The van der Waals surface area contributed by atoms with E-state index in [-0.39, 0.29) is 5.41 Å². The predicted octanol–water partition coefficient (Wildman–Crippen LogP) is 4.26. The first-order chi connectivity index (χ1) is 8.47.